The first-order valence-corrected chi connectivity index (χ1v) is 6.04. The first-order chi connectivity index (χ1) is 8.86. The molecule has 0 unspecified atom stereocenters. The van der Waals surface area contributed by atoms with Crippen LogP contribution in [0.5, 0.6) is 0 Å². The lowest BCUT2D eigenvalue weighted by molar-refractivity contribution is 0.111. The number of aromatic nitrogens is 1. The van der Waals surface area contributed by atoms with Crippen LogP contribution in [0.25, 0.3) is 11.3 Å². The molecule has 0 spiro atoms. The van der Waals surface area contributed by atoms with E-state index >= 15 is 0 Å². The number of ether oxygens (including phenoxy) is 1. The maximum Gasteiger partial charge on any atom is 0.124 e. The van der Waals surface area contributed by atoms with Crippen LogP contribution in [0.4, 0.5) is 0 Å². The molecule has 2 aromatic rings. The fraction of sp³-hybridized carbons (Fsp3) is 0.357. The molecular weight excluding hydrogens is 228 g/mol. The van der Waals surface area contributed by atoms with Gasteiger partial charge < -0.3 is 14.6 Å². The molecule has 0 saturated carbocycles. The molecule has 0 radical (unpaired) electrons. The van der Waals surface area contributed by atoms with Gasteiger partial charge in [-0.1, -0.05) is 23.4 Å². The molecule has 0 amide bonds. The molecule has 1 aliphatic rings. The summed E-state index contributed by atoms with van der Waals surface area (Å²) in [6.07, 6.45) is 2.56. The van der Waals surface area contributed by atoms with Crippen molar-refractivity contribution in [1.29, 1.82) is 0 Å². The summed E-state index contributed by atoms with van der Waals surface area (Å²) in [7, 11) is 3.75. The van der Waals surface area contributed by atoms with Gasteiger partial charge in [-0.2, -0.15) is 0 Å². The van der Waals surface area contributed by atoms with Crippen molar-refractivity contribution in [2.45, 2.75) is 13.0 Å². The van der Waals surface area contributed by atoms with Crippen LogP contribution in [0.1, 0.15) is 11.1 Å². The summed E-state index contributed by atoms with van der Waals surface area (Å²) in [4.78, 5) is 0. The van der Waals surface area contributed by atoms with Crippen LogP contribution in [0.15, 0.2) is 35.1 Å². The van der Waals surface area contributed by atoms with E-state index in [1.54, 1.807) is 6.26 Å². The van der Waals surface area contributed by atoms with E-state index in [2.05, 4.69) is 22.6 Å². The van der Waals surface area contributed by atoms with E-state index in [-0.39, 0.29) is 0 Å². The maximum absolute atomic E-state index is 5.42. The van der Waals surface area contributed by atoms with E-state index in [0.29, 0.717) is 6.61 Å². The van der Waals surface area contributed by atoms with E-state index in [0.717, 1.165) is 18.7 Å². The summed E-state index contributed by atoms with van der Waals surface area (Å²) in [6.45, 7) is 1.50. The first-order valence-electron chi connectivity index (χ1n) is 6.04. The predicted molar refractivity (Wildman–Crippen MR) is 70.3 cm³/mol. The second kappa shape index (κ2) is 6.33. The average molecular weight is 246 g/mol. The Kier molecular flexibility index (Phi) is 4.50. The van der Waals surface area contributed by atoms with Gasteiger partial charge in [-0.05, 0) is 31.6 Å². The highest BCUT2D eigenvalue weighted by molar-refractivity contribution is 5.65. The van der Waals surface area contributed by atoms with Crippen molar-refractivity contribution in [2.75, 3.05) is 20.7 Å². The highest BCUT2D eigenvalue weighted by atomic mass is 16.5. The van der Waals surface area contributed by atoms with Gasteiger partial charge in [0.15, 0.2) is 0 Å². The molecule has 3 rings (SSSR count). The van der Waals surface area contributed by atoms with Crippen molar-refractivity contribution in [3.8, 4) is 11.3 Å². The van der Waals surface area contributed by atoms with Crippen LogP contribution in [0.3, 0.4) is 0 Å². The minimum Gasteiger partial charge on any atom is -0.376 e. The molecule has 2 heterocycles. The number of benzene rings is 1. The molecule has 1 aromatic carbocycles. The minimum atomic E-state index is 0.709. The molecule has 0 saturated heterocycles. The SMILES string of the molecule is CNC.c1cc2c(c(-c3ccon3)c1)CCOC2. The summed E-state index contributed by atoms with van der Waals surface area (Å²) in [5, 5.41) is 6.73. The van der Waals surface area contributed by atoms with Gasteiger partial charge in [-0.25, -0.2) is 0 Å². The van der Waals surface area contributed by atoms with Crippen molar-refractivity contribution in [3.63, 3.8) is 0 Å². The second-order valence-corrected chi connectivity index (χ2v) is 4.13. The monoisotopic (exact) mass is 246 g/mol. The van der Waals surface area contributed by atoms with Gasteiger partial charge in [-0.3, -0.25) is 0 Å². The van der Waals surface area contributed by atoms with Crippen LogP contribution in [-0.4, -0.2) is 25.9 Å². The Bertz CT molecular complexity index is 481. The Morgan fingerprint density at radius 1 is 1.22 bits per heavy atom. The van der Waals surface area contributed by atoms with Crippen LogP contribution in [0.2, 0.25) is 0 Å². The number of hydrogen-bond acceptors (Lipinski definition) is 4. The zero-order valence-corrected chi connectivity index (χ0v) is 10.8. The number of hydrogen-bond donors (Lipinski definition) is 1. The molecule has 0 fully saturated rings. The van der Waals surface area contributed by atoms with E-state index in [4.69, 9.17) is 9.26 Å². The predicted octanol–water partition coefficient (Wildman–Crippen LogP) is 2.25. The number of nitrogens with zero attached hydrogens (tertiary/aromatic N) is 1. The standard InChI is InChI=1S/C12H11NO2.C2H7N/c1-2-9-8-14-6-4-10(9)11(3-1)12-5-7-15-13-12;1-3-2/h1-3,5,7H,4,6,8H2;3H,1-2H3. The molecule has 96 valence electrons. The van der Waals surface area contributed by atoms with Crippen molar-refractivity contribution in [1.82, 2.24) is 10.5 Å². The topological polar surface area (TPSA) is 47.3 Å². The average Bonchev–Trinajstić information content (AvgIpc) is 2.93. The van der Waals surface area contributed by atoms with E-state index < -0.39 is 0 Å². The molecule has 0 atom stereocenters. The molecule has 4 heteroatoms. The Labute approximate surface area is 107 Å². The van der Waals surface area contributed by atoms with Crippen molar-refractivity contribution in [3.05, 3.63) is 41.7 Å². The molecule has 1 aliphatic heterocycles. The van der Waals surface area contributed by atoms with Gasteiger partial charge in [0.2, 0.25) is 0 Å². The first kappa shape index (κ1) is 12.8. The summed E-state index contributed by atoms with van der Waals surface area (Å²) in [5.41, 5.74) is 4.69. The van der Waals surface area contributed by atoms with Crippen LogP contribution in [0, 0.1) is 0 Å². The lowest BCUT2D eigenvalue weighted by Gasteiger charge is -2.18. The van der Waals surface area contributed by atoms with Crippen molar-refractivity contribution < 1.29 is 9.26 Å². The summed E-state index contributed by atoms with van der Waals surface area (Å²) in [6, 6.07) is 8.13. The zero-order chi connectivity index (χ0) is 12.8. The van der Waals surface area contributed by atoms with E-state index in [9.17, 15) is 0 Å². The maximum atomic E-state index is 5.42. The molecule has 4 nitrogen and oxygen atoms in total. The van der Waals surface area contributed by atoms with Crippen LogP contribution >= 0.6 is 0 Å². The normalized spacial score (nSPS) is 13.4. The Morgan fingerprint density at radius 2 is 2.06 bits per heavy atom. The van der Waals surface area contributed by atoms with Gasteiger partial charge in [0.1, 0.15) is 12.0 Å². The Hall–Kier alpha value is -1.65. The van der Waals surface area contributed by atoms with Gasteiger partial charge in [0.25, 0.3) is 0 Å². The molecular formula is C14H18N2O2. The van der Waals surface area contributed by atoms with E-state index in [1.807, 2.05) is 26.2 Å². The van der Waals surface area contributed by atoms with Crippen LogP contribution < -0.4 is 5.32 Å². The summed E-state index contributed by atoms with van der Waals surface area (Å²) in [5.74, 6) is 0. The quantitative estimate of drug-likeness (QED) is 0.838. The van der Waals surface area contributed by atoms with Crippen LogP contribution in [-0.2, 0) is 17.8 Å². The fourth-order valence-electron chi connectivity index (χ4n) is 2.01. The van der Waals surface area contributed by atoms with Gasteiger partial charge >= 0.3 is 0 Å². The molecule has 1 N–H and O–H groups in total. The smallest absolute Gasteiger partial charge is 0.124 e. The second-order valence-electron chi connectivity index (χ2n) is 4.13. The molecule has 1 aromatic heterocycles. The lowest BCUT2D eigenvalue weighted by atomic mass is 9.95. The van der Waals surface area contributed by atoms with Gasteiger partial charge in [-0.15, -0.1) is 0 Å². The third-order valence-electron chi connectivity index (χ3n) is 2.74. The third-order valence-corrected chi connectivity index (χ3v) is 2.74. The van der Waals surface area contributed by atoms with E-state index in [1.165, 1.54) is 16.7 Å². The molecule has 0 aliphatic carbocycles. The molecule has 0 bridgehead atoms. The van der Waals surface area contributed by atoms with Crippen molar-refractivity contribution >= 4 is 0 Å². The lowest BCUT2D eigenvalue weighted by Crippen LogP contribution is -2.10. The summed E-state index contributed by atoms with van der Waals surface area (Å²) < 4.78 is 10.3. The summed E-state index contributed by atoms with van der Waals surface area (Å²) >= 11 is 0. The highest BCUT2D eigenvalue weighted by Crippen LogP contribution is 2.28. The molecule has 18 heavy (non-hydrogen) atoms. The van der Waals surface area contributed by atoms with Gasteiger partial charge in [0.05, 0.1) is 13.2 Å². The number of fused-ring (bicyclic) bond motifs is 1. The fourth-order valence-corrected chi connectivity index (χ4v) is 2.01. The highest BCUT2D eigenvalue weighted by Gasteiger charge is 2.15. The Morgan fingerprint density at radius 3 is 2.78 bits per heavy atom. The number of nitrogens with one attached hydrogen (secondary N) is 1. The zero-order valence-electron chi connectivity index (χ0n) is 10.8. The minimum absolute atomic E-state index is 0.709. The largest absolute Gasteiger partial charge is 0.376 e. The third kappa shape index (κ3) is 2.78. The Balaban J connectivity index is 0.000000367. The van der Waals surface area contributed by atoms with Gasteiger partial charge in [0, 0.05) is 11.6 Å². The number of rotatable bonds is 1. The van der Waals surface area contributed by atoms with Crippen molar-refractivity contribution in [2.24, 2.45) is 0 Å².